The van der Waals surface area contributed by atoms with E-state index >= 15 is 0 Å². The van der Waals surface area contributed by atoms with E-state index in [1.165, 1.54) is 10.8 Å². The summed E-state index contributed by atoms with van der Waals surface area (Å²) in [6.45, 7) is 7.05. The molecule has 1 aliphatic carbocycles. The summed E-state index contributed by atoms with van der Waals surface area (Å²) in [7, 11) is 0. The van der Waals surface area contributed by atoms with Gasteiger partial charge in [-0.25, -0.2) is 9.55 Å². The number of ether oxygens (including phenoxy) is 2. The Kier molecular flexibility index (Phi) is 5.75. The Morgan fingerprint density at radius 2 is 1.91 bits per heavy atom. The van der Waals surface area contributed by atoms with E-state index in [-0.39, 0.29) is 35.9 Å². The Labute approximate surface area is 202 Å². The number of hydrogen-bond acceptors (Lipinski definition) is 7. The van der Waals surface area contributed by atoms with Gasteiger partial charge in [0.25, 0.3) is 11.6 Å². The van der Waals surface area contributed by atoms with Crippen LogP contribution in [0.3, 0.4) is 0 Å². The molecule has 8 heteroatoms. The fraction of sp³-hybridized carbons (Fsp3) is 0.370. The van der Waals surface area contributed by atoms with Crippen molar-refractivity contribution in [2.45, 2.75) is 64.8 Å². The molecule has 182 valence electrons. The number of para-hydroxylation sites is 1. The highest BCUT2D eigenvalue weighted by atomic mass is 16.6. The molecule has 0 spiro atoms. The number of anilines is 1. The Hall–Kier alpha value is -3.81. The molecule has 0 saturated heterocycles. The van der Waals surface area contributed by atoms with Gasteiger partial charge in [-0.15, -0.1) is 0 Å². The molecule has 2 aromatic heterocycles. The number of nitrogens with one attached hydrogen (secondary N) is 1. The van der Waals surface area contributed by atoms with Crippen LogP contribution < -0.4 is 15.6 Å². The Morgan fingerprint density at radius 3 is 2.66 bits per heavy atom. The molecule has 2 heterocycles. The van der Waals surface area contributed by atoms with E-state index in [0.29, 0.717) is 0 Å². The molecule has 5 rings (SSSR count). The Morgan fingerprint density at radius 1 is 1.17 bits per heavy atom. The average Bonchev–Trinajstić information content (AvgIpc) is 3.54. The van der Waals surface area contributed by atoms with Crippen LogP contribution in [0.1, 0.15) is 52.1 Å². The van der Waals surface area contributed by atoms with Crippen molar-refractivity contribution < 1.29 is 18.7 Å². The van der Waals surface area contributed by atoms with Crippen LogP contribution in [0, 0.1) is 0 Å². The number of esters is 1. The minimum Gasteiger partial charge on any atom is -0.461 e. The summed E-state index contributed by atoms with van der Waals surface area (Å²) in [5.74, 6) is -0.524. The smallest absolute Gasteiger partial charge is 0.326 e. The molecule has 0 amide bonds. The Bertz CT molecular complexity index is 1460. The first kappa shape index (κ1) is 23.0. The first-order valence-corrected chi connectivity index (χ1v) is 11.8. The van der Waals surface area contributed by atoms with Crippen molar-refractivity contribution in [3.63, 3.8) is 0 Å². The van der Waals surface area contributed by atoms with Crippen molar-refractivity contribution in [2.75, 3.05) is 5.32 Å². The molecule has 1 aliphatic rings. The van der Waals surface area contributed by atoms with Crippen LogP contribution in [0.2, 0.25) is 0 Å². The van der Waals surface area contributed by atoms with E-state index in [1.54, 1.807) is 20.8 Å². The molecule has 0 bridgehead atoms. The predicted molar refractivity (Wildman–Crippen MR) is 134 cm³/mol. The molecule has 4 aromatic rings. The van der Waals surface area contributed by atoms with E-state index in [2.05, 4.69) is 16.4 Å². The summed E-state index contributed by atoms with van der Waals surface area (Å²) in [6.07, 6.45) is 3.31. The Balaban J connectivity index is 1.43. The molecular weight excluding hydrogens is 446 g/mol. The number of benzene rings is 2. The lowest BCUT2D eigenvalue weighted by atomic mass is 10.0. The second-order valence-electron chi connectivity index (χ2n) is 9.97. The minimum atomic E-state index is -0.661. The monoisotopic (exact) mass is 475 g/mol. The summed E-state index contributed by atoms with van der Waals surface area (Å²) in [4.78, 5) is 30.2. The highest BCUT2D eigenvalue weighted by Gasteiger charge is 2.27. The molecule has 1 saturated carbocycles. The van der Waals surface area contributed by atoms with E-state index in [0.717, 1.165) is 40.3 Å². The number of fused-ring (bicyclic) bond motifs is 3. The third kappa shape index (κ3) is 5.01. The van der Waals surface area contributed by atoms with Crippen molar-refractivity contribution in [3.05, 3.63) is 64.6 Å². The van der Waals surface area contributed by atoms with Crippen LogP contribution >= 0.6 is 0 Å². The number of hydrogen-bond donors (Lipinski definition) is 1. The first-order chi connectivity index (χ1) is 16.7. The number of furan rings is 1. The van der Waals surface area contributed by atoms with Gasteiger partial charge in [-0.2, -0.15) is 0 Å². The van der Waals surface area contributed by atoms with Gasteiger partial charge in [0.15, 0.2) is 0 Å². The second kappa shape index (κ2) is 8.76. The molecule has 8 nitrogen and oxygen atoms in total. The zero-order chi connectivity index (χ0) is 24.7. The van der Waals surface area contributed by atoms with Crippen molar-refractivity contribution in [3.8, 4) is 6.01 Å². The standard InChI is InChI=1S/C27H29N3O5/c1-16(17-9-12-23-20(13-17)19-7-5-6-8-22(19)34-23)29-21-14-28-26(33-18-10-11-18)30(25(21)32)15-24(31)35-27(2,3)4/h5-9,12-14,16,18,29H,10-11,15H2,1-4H3/t16-/m1/s1. The summed E-state index contributed by atoms with van der Waals surface area (Å²) >= 11 is 0. The van der Waals surface area contributed by atoms with E-state index in [9.17, 15) is 9.59 Å². The summed E-state index contributed by atoms with van der Waals surface area (Å²) in [6, 6.07) is 13.8. The van der Waals surface area contributed by atoms with Crippen LogP contribution in [-0.4, -0.2) is 27.2 Å². The van der Waals surface area contributed by atoms with Gasteiger partial charge in [0.1, 0.15) is 35.1 Å². The summed E-state index contributed by atoms with van der Waals surface area (Å²) in [5.41, 5.74) is 1.86. The van der Waals surface area contributed by atoms with Gasteiger partial charge in [-0.1, -0.05) is 24.3 Å². The normalized spacial score (nSPS) is 14.7. The zero-order valence-electron chi connectivity index (χ0n) is 20.3. The van der Waals surface area contributed by atoms with Gasteiger partial charge >= 0.3 is 5.97 Å². The van der Waals surface area contributed by atoms with Gasteiger partial charge in [0, 0.05) is 16.8 Å². The maximum absolute atomic E-state index is 13.4. The van der Waals surface area contributed by atoms with E-state index in [1.807, 2.05) is 43.3 Å². The van der Waals surface area contributed by atoms with Gasteiger partial charge < -0.3 is 19.2 Å². The maximum atomic E-state index is 13.4. The van der Waals surface area contributed by atoms with Gasteiger partial charge in [-0.3, -0.25) is 9.59 Å². The molecule has 0 radical (unpaired) electrons. The van der Waals surface area contributed by atoms with Crippen molar-refractivity contribution >= 4 is 33.6 Å². The summed E-state index contributed by atoms with van der Waals surface area (Å²) < 4.78 is 18.4. The maximum Gasteiger partial charge on any atom is 0.326 e. The second-order valence-corrected chi connectivity index (χ2v) is 9.97. The lowest BCUT2D eigenvalue weighted by Gasteiger charge is -2.21. The minimum absolute atomic E-state index is 0.0287. The third-order valence-electron chi connectivity index (χ3n) is 5.79. The van der Waals surface area contributed by atoms with Crippen molar-refractivity contribution in [1.29, 1.82) is 0 Å². The molecule has 1 atom stereocenters. The quantitative estimate of drug-likeness (QED) is 0.367. The largest absolute Gasteiger partial charge is 0.461 e. The molecule has 0 unspecified atom stereocenters. The SMILES string of the molecule is C[C@@H](Nc1cnc(OC2CC2)n(CC(=O)OC(C)(C)C)c1=O)c1ccc2oc3ccccc3c2c1. The van der Waals surface area contributed by atoms with Crippen molar-refractivity contribution in [2.24, 2.45) is 0 Å². The lowest BCUT2D eigenvalue weighted by Crippen LogP contribution is -2.33. The highest BCUT2D eigenvalue weighted by molar-refractivity contribution is 6.05. The molecule has 1 N–H and O–H groups in total. The number of nitrogens with zero attached hydrogens (tertiary/aromatic N) is 2. The molecular formula is C27H29N3O5. The number of carbonyl (C=O) groups is 1. The van der Waals surface area contributed by atoms with Crippen molar-refractivity contribution in [1.82, 2.24) is 9.55 Å². The zero-order valence-corrected chi connectivity index (χ0v) is 20.3. The number of carbonyl (C=O) groups excluding carboxylic acids is 1. The van der Waals surface area contributed by atoms with Gasteiger partial charge in [-0.05, 0) is 64.3 Å². The topological polar surface area (TPSA) is 95.6 Å². The average molecular weight is 476 g/mol. The van der Waals surface area contributed by atoms with Crippen LogP contribution in [-0.2, 0) is 16.1 Å². The first-order valence-electron chi connectivity index (χ1n) is 11.8. The van der Waals surface area contributed by atoms with Crippen LogP contribution in [0.15, 0.2) is 57.9 Å². The number of rotatable bonds is 7. The van der Waals surface area contributed by atoms with E-state index in [4.69, 9.17) is 13.9 Å². The molecule has 2 aromatic carbocycles. The van der Waals surface area contributed by atoms with Crippen LogP contribution in [0.4, 0.5) is 5.69 Å². The molecule has 35 heavy (non-hydrogen) atoms. The van der Waals surface area contributed by atoms with Crippen LogP contribution in [0.5, 0.6) is 6.01 Å². The summed E-state index contributed by atoms with van der Waals surface area (Å²) in [5, 5.41) is 5.31. The molecule has 0 aliphatic heterocycles. The third-order valence-corrected chi connectivity index (χ3v) is 5.79. The van der Waals surface area contributed by atoms with E-state index < -0.39 is 11.6 Å². The fourth-order valence-corrected chi connectivity index (χ4v) is 3.98. The fourth-order valence-electron chi connectivity index (χ4n) is 3.98. The number of aromatic nitrogens is 2. The van der Waals surface area contributed by atoms with Crippen LogP contribution in [0.25, 0.3) is 21.9 Å². The molecule has 1 fully saturated rings. The predicted octanol–water partition coefficient (Wildman–Crippen LogP) is 5.20. The lowest BCUT2D eigenvalue weighted by molar-refractivity contribution is -0.155. The van der Waals surface area contributed by atoms with Gasteiger partial charge in [0.2, 0.25) is 0 Å². The van der Waals surface area contributed by atoms with Gasteiger partial charge in [0.05, 0.1) is 6.20 Å². The highest BCUT2D eigenvalue weighted by Crippen LogP contribution is 2.31.